The van der Waals surface area contributed by atoms with Gasteiger partial charge in [0.1, 0.15) is 0 Å². The molecule has 0 aliphatic rings. The first-order valence-corrected chi connectivity index (χ1v) is 14.4. The maximum atomic E-state index is 3.52. The largest absolute Gasteiger partial charge is 0.356 e. The zero-order chi connectivity index (χ0) is 27.9. The molecule has 0 radical (unpaired) electrons. The van der Waals surface area contributed by atoms with Crippen molar-refractivity contribution in [3.8, 4) is 27.9 Å². The molecule has 8 aromatic rings. The predicted octanol–water partition coefficient (Wildman–Crippen LogP) is 11.0. The summed E-state index contributed by atoms with van der Waals surface area (Å²) in [7, 11) is 0. The highest BCUT2D eigenvalue weighted by Crippen LogP contribution is 2.41. The second kappa shape index (κ2) is 10.1. The molecule has 1 N–H and O–H groups in total. The van der Waals surface area contributed by atoms with E-state index in [0.29, 0.717) is 0 Å². The number of rotatable bonds is 5. The molecule has 0 fully saturated rings. The lowest BCUT2D eigenvalue weighted by atomic mass is 9.93. The van der Waals surface area contributed by atoms with Crippen molar-refractivity contribution in [2.45, 2.75) is 0 Å². The number of aromatic nitrogens is 1. The van der Waals surface area contributed by atoms with Crippen LogP contribution in [-0.2, 0) is 0 Å². The standard InChI is InChI=1S/C40H28N2/c1-3-13-31(14-4-1)41-32-15-11-12-30(26-32)28-22-24-29(25-23-28)37-27-39-40(35-19-8-7-18-34(35)37)36-20-9-10-21-38(36)42(39)33-16-5-2-6-17-33/h1-27,41H. The fraction of sp³-hybridized carbons (Fsp3) is 0. The molecule has 2 heteroatoms. The Morgan fingerprint density at radius 3 is 1.79 bits per heavy atom. The van der Waals surface area contributed by atoms with Crippen molar-refractivity contribution in [3.63, 3.8) is 0 Å². The Morgan fingerprint density at radius 1 is 0.381 bits per heavy atom. The maximum Gasteiger partial charge on any atom is 0.0553 e. The molecule has 1 aromatic heterocycles. The quantitative estimate of drug-likeness (QED) is 0.231. The molecule has 0 spiro atoms. The average molecular weight is 537 g/mol. The van der Waals surface area contributed by atoms with Crippen LogP contribution in [0.25, 0.3) is 60.5 Å². The van der Waals surface area contributed by atoms with Crippen molar-refractivity contribution >= 4 is 44.0 Å². The predicted molar refractivity (Wildman–Crippen MR) is 179 cm³/mol. The van der Waals surface area contributed by atoms with Crippen LogP contribution in [0, 0.1) is 0 Å². The molecule has 0 saturated carbocycles. The molecule has 0 unspecified atom stereocenters. The highest BCUT2D eigenvalue weighted by atomic mass is 15.0. The van der Waals surface area contributed by atoms with Gasteiger partial charge in [0.15, 0.2) is 0 Å². The van der Waals surface area contributed by atoms with Gasteiger partial charge in [0.2, 0.25) is 0 Å². The van der Waals surface area contributed by atoms with Crippen LogP contribution in [0.3, 0.4) is 0 Å². The molecular weight excluding hydrogens is 508 g/mol. The summed E-state index contributed by atoms with van der Waals surface area (Å²) >= 11 is 0. The van der Waals surface area contributed by atoms with E-state index < -0.39 is 0 Å². The van der Waals surface area contributed by atoms with Crippen LogP contribution in [0.5, 0.6) is 0 Å². The minimum absolute atomic E-state index is 1.08. The van der Waals surface area contributed by atoms with Gasteiger partial charge in [0.05, 0.1) is 11.0 Å². The monoisotopic (exact) mass is 536 g/mol. The molecule has 198 valence electrons. The van der Waals surface area contributed by atoms with Crippen LogP contribution in [0.4, 0.5) is 11.4 Å². The number of fused-ring (bicyclic) bond motifs is 5. The van der Waals surface area contributed by atoms with Gasteiger partial charge in [-0.2, -0.15) is 0 Å². The van der Waals surface area contributed by atoms with Gasteiger partial charge < -0.3 is 9.88 Å². The zero-order valence-corrected chi connectivity index (χ0v) is 23.0. The number of benzene rings is 7. The third-order valence-electron chi connectivity index (χ3n) is 8.15. The molecule has 0 saturated heterocycles. The molecular formula is C40H28N2. The van der Waals surface area contributed by atoms with Gasteiger partial charge in [0, 0.05) is 27.8 Å². The van der Waals surface area contributed by atoms with Crippen molar-refractivity contribution in [1.82, 2.24) is 4.57 Å². The number of hydrogen-bond acceptors (Lipinski definition) is 1. The summed E-state index contributed by atoms with van der Waals surface area (Å²) in [6.07, 6.45) is 0. The molecule has 1 heterocycles. The van der Waals surface area contributed by atoms with Crippen LogP contribution in [0.2, 0.25) is 0 Å². The van der Waals surface area contributed by atoms with Crippen LogP contribution in [0.1, 0.15) is 0 Å². The van der Waals surface area contributed by atoms with Crippen molar-refractivity contribution in [2.75, 3.05) is 5.32 Å². The highest BCUT2D eigenvalue weighted by molar-refractivity contribution is 6.24. The summed E-state index contributed by atoms with van der Waals surface area (Å²) in [6.45, 7) is 0. The van der Waals surface area contributed by atoms with E-state index >= 15 is 0 Å². The van der Waals surface area contributed by atoms with Crippen molar-refractivity contribution in [2.24, 2.45) is 0 Å². The molecule has 0 bridgehead atoms. The number of hydrogen-bond donors (Lipinski definition) is 1. The number of anilines is 2. The molecule has 0 aliphatic carbocycles. The average Bonchev–Trinajstić information content (AvgIpc) is 3.40. The van der Waals surface area contributed by atoms with Gasteiger partial charge in [-0.05, 0) is 81.6 Å². The summed E-state index contributed by atoms with van der Waals surface area (Å²) in [5.74, 6) is 0. The Hall–Kier alpha value is -5.60. The van der Waals surface area contributed by atoms with E-state index in [4.69, 9.17) is 0 Å². The van der Waals surface area contributed by atoms with Crippen molar-refractivity contribution in [3.05, 3.63) is 164 Å². The molecule has 0 amide bonds. The molecule has 8 rings (SSSR count). The van der Waals surface area contributed by atoms with Crippen LogP contribution in [0.15, 0.2) is 164 Å². The SMILES string of the molecule is c1ccc(Nc2cccc(-c3ccc(-c4cc5c(c6ccccc46)c4ccccc4n5-c4ccccc4)cc3)c2)cc1. The Morgan fingerprint density at radius 2 is 1.00 bits per heavy atom. The van der Waals surface area contributed by atoms with Gasteiger partial charge in [0.25, 0.3) is 0 Å². The van der Waals surface area contributed by atoms with E-state index in [0.717, 1.165) is 11.4 Å². The number of nitrogens with one attached hydrogen (secondary N) is 1. The first kappa shape index (κ1) is 24.2. The first-order chi connectivity index (χ1) is 20.8. The van der Waals surface area contributed by atoms with Gasteiger partial charge in [-0.3, -0.25) is 0 Å². The lowest BCUT2D eigenvalue weighted by molar-refractivity contribution is 1.18. The van der Waals surface area contributed by atoms with Gasteiger partial charge >= 0.3 is 0 Å². The lowest BCUT2D eigenvalue weighted by Gasteiger charge is -2.13. The molecule has 42 heavy (non-hydrogen) atoms. The third kappa shape index (κ3) is 4.13. The minimum atomic E-state index is 1.08. The summed E-state index contributed by atoms with van der Waals surface area (Å²) in [6, 6.07) is 58.5. The van der Waals surface area contributed by atoms with Crippen molar-refractivity contribution in [1.29, 1.82) is 0 Å². The van der Waals surface area contributed by atoms with Crippen LogP contribution in [-0.4, -0.2) is 4.57 Å². The van der Waals surface area contributed by atoms with Gasteiger partial charge in [-0.1, -0.05) is 115 Å². The Kier molecular flexibility index (Phi) is 5.82. The summed E-state index contributed by atoms with van der Waals surface area (Å²) in [5, 5.41) is 8.64. The maximum absolute atomic E-state index is 3.52. The Bertz CT molecular complexity index is 2190. The molecule has 2 nitrogen and oxygen atoms in total. The zero-order valence-electron chi connectivity index (χ0n) is 23.0. The Balaban J connectivity index is 1.27. The first-order valence-electron chi connectivity index (χ1n) is 14.4. The number of nitrogens with zero attached hydrogens (tertiary/aromatic N) is 1. The molecule has 0 aliphatic heterocycles. The van der Waals surface area contributed by atoms with Gasteiger partial charge in [-0.15, -0.1) is 0 Å². The van der Waals surface area contributed by atoms with Crippen LogP contribution >= 0.6 is 0 Å². The van der Waals surface area contributed by atoms with Crippen molar-refractivity contribution < 1.29 is 0 Å². The van der Waals surface area contributed by atoms with E-state index in [9.17, 15) is 0 Å². The second-order valence-corrected chi connectivity index (χ2v) is 10.7. The van der Waals surface area contributed by atoms with E-state index in [1.165, 1.54) is 60.5 Å². The van der Waals surface area contributed by atoms with E-state index in [1.54, 1.807) is 0 Å². The minimum Gasteiger partial charge on any atom is -0.356 e. The van der Waals surface area contributed by atoms with E-state index in [1.807, 2.05) is 18.2 Å². The third-order valence-corrected chi connectivity index (χ3v) is 8.15. The van der Waals surface area contributed by atoms with Gasteiger partial charge in [-0.25, -0.2) is 0 Å². The molecule has 7 aromatic carbocycles. The topological polar surface area (TPSA) is 17.0 Å². The second-order valence-electron chi connectivity index (χ2n) is 10.7. The molecule has 0 atom stereocenters. The van der Waals surface area contributed by atoms with E-state index in [-0.39, 0.29) is 0 Å². The smallest absolute Gasteiger partial charge is 0.0553 e. The number of para-hydroxylation sites is 3. The summed E-state index contributed by atoms with van der Waals surface area (Å²) in [5.41, 5.74) is 10.6. The normalized spacial score (nSPS) is 11.3. The van der Waals surface area contributed by atoms with E-state index in [2.05, 4.69) is 155 Å². The fourth-order valence-electron chi connectivity index (χ4n) is 6.23. The summed E-state index contributed by atoms with van der Waals surface area (Å²) in [4.78, 5) is 0. The lowest BCUT2D eigenvalue weighted by Crippen LogP contribution is -1.94. The summed E-state index contributed by atoms with van der Waals surface area (Å²) < 4.78 is 2.40. The fourth-order valence-corrected chi connectivity index (χ4v) is 6.23. The highest BCUT2D eigenvalue weighted by Gasteiger charge is 2.17. The Labute approximate surface area is 245 Å². The van der Waals surface area contributed by atoms with Crippen LogP contribution < -0.4 is 5.32 Å².